The summed E-state index contributed by atoms with van der Waals surface area (Å²) in [6.07, 6.45) is 1.90. The monoisotopic (exact) mass is 300 g/mol. The van der Waals surface area contributed by atoms with Crippen molar-refractivity contribution in [1.82, 2.24) is 0 Å². The fourth-order valence-electron chi connectivity index (χ4n) is 2.84. The van der Waals surface area contributed by atoms with E-state index in [0.29, 0.717) is 29.2 Å². The van der Waals surface area contributed by atoms with Crippen LogP contribution in [0.4, 0.5) is 0 Å². The lowest BCUT2D eigenvalue weighted by Gasteiger charge is -2.30. The van der Waals surface area contributed by atoms with Gasteiger partial charge in [-0.1, -0.05) is 23.7 Å². The molecule has 2 N–H and O–H groups in total. The zero-order chi connectivity index (χ0) is 15.0. The van der Waals surface area contributed by atoms with Gasteiger partial charge < -0.3 is 10.5 Å². The SMILES string of the molecule is N#CC1=C(N)OC2=C(C(=O)CCC2)[C@H]1c1ccc(Cl)cc1. The second-order valence-electron chi connectivity index (χ2n) is 5.09. The Labute approximate surface area is 127 Å². The van der Waals surface area contributed by atoms with Crippen molar-refractivity contribution in [3.8, 4) is 6.07 Å². The summed E-state index contributed by atoms with van der Waals surface area (Å²) >= 11 is 5.91. The van der Waals surface area contributed by atoms with E-state index in [2.05, 4.69) is 6.07 Å². The van der Waals surface area contributed by atoms with Gasteiger partial charge in [0.1, 0.15) is 17.4 Å². The zero-order valence-electron chi connectivity index (χ0n) is 11.2. The molecule has 0 saturated heterocycles. The van der Waals surface area contributed by atoms with Crippen LogP contribution in [0.2, 0.25) is 5.02 Å². The van der Waals surface area contributed by atoms with Crippen LogP contribution < -0.4 is 5.73 Å². The van der Waals surface area contributed by atoms with Crippen LogP contribution in [0.15, 0.2) is 47.1 Å². The van der Waals surface area contributed by atoms with E-state index in [0.717, 1.165) is 12.0 Å². The Kier molecular flexibility index (Phi) is 3.44. The van der Waals surface area contributed by atoms with Crippen LogP contribution in [-0.4, -0.2) is 5.78 Å². The molecule has 0 amide bonds. The number of benzene rings is 1. The number of nitriles is 1. The number of allylic oxidation sites excluding steroid dienone is 3. The number of nitrogens with zero attached hydrogens (tertiary/aromatic N) is 1. The van der Waals surface area contributed by atoms with Crippen LogP contribution in [0.1, 0.15) is 30.7 Å². The number of rotatable bonds is 1. The van der Waals surface area contributed by atoms with Crippen molar-refractivity contribution in [2.24, 2.45) is 5.73 Å². The van der Waals surface area contributed by atoms with Crippen LogP contribution in [0, 0.1) is 11.3 Å². The number of hydrogen-bond donors (Lipinski definition) is 1. The summed E-state index contributed by atoms with van der Waals surface area (Å²) in [5, 5.41) is 10.00. The van der Waals surface area contributed by atoms with Crippen LogP contribution in [0.25, 0.3) is 0 Å². The third-order valence-electron chi connectivity index (χ3n) is 3.81. The first-order chi connectivity index (χ1) is 10.1. The Morgan fingerprint density at radius 2 is 2.00 bits per heavy atom. The van der Waals surface area contributed by atoms with Gasteiger partial charge in [0.15, 0.2) is 5.78 Å². The lowest BCUT2D eigenvalue weighted by molar-refractivity contribution is -0.116. The standard InChI is InChI=1S/C16H13ClN2O2/c17-10-6-4-9(5-7-10)14-11(8-18)16(19)21-13-3-1-2-12(20)15(13)14/h4-7,14H,1-3,19H2/t14-/m0/s1. The molecule has 0 unspecified atom stereocenters. The lowest BCUT2D eigenvalue weighted by Crippen LogP contribution is -2.27. The Balaban J connectivity index is 2.17. The molecule has 3 rings (SSSR count). The van der Waals surface area contributed by atoms with Gasteiger partial charge in [-0.2, -0.15) is 5.26 Å². The minimum absolute atomic E-state index is 0.0245. The Morgan fingerprint density at radius 1 is 1.29 bits per heavy atom. The van der Waals surface area contributed by atoms with Crippen LogP contribution in [0.3, 0.4) is 0 Å². The van der Waals surface area contributed by atoms with E-state index in [4.69, 9.17) is 22.1 Å². The predicted octanol–water partition coefficient (Wildman–Crippen LogP) is 3.15. The van der Waals surface area contributed by atoms with E-state index in [9.17, 15) is 10.1 Å². The highest BCUT2D eigenvalue weighted by atomic mass is 35.5. The topological polar surface area (TPSA) is 76.1 Å². The van der Waals surface area contributed by atoms with Gasteiger partial charge in [-0.15, -0.1) is 0 Å². The maximum atomic E-state index is 12.3. The van der Waals surface area contributed by atoms with Crippen LogP contribution in [0.5, 0.6) is 0 Å². The Morgan fingerprint density at radius 3 is 2.67 bits per heavy atom. The molecule has 0 aromatic heterocycles. The number of halogens is 1. The second kappa shape index (κ2) is 5.27. The average molecular weight is 301 g/mol. The molecule has 0 bridgehead atoms. The summed E-state index contributed by atoms with van der Waals surface area (Å²) in [5.41, 5.74) is 7.53. The molecule has 4 nitrogen and oxygen atoms in total. The van der Waals surface area contributed by atoms with Gasteiger partial charge in [-0.3, -0.25) is 4.79 Å². The summed E-state index contributed by atoms with van der Waals surface area (Å²) in [4.78, 5) is 12.3. The molecular formula is C16H13ClN2O2. The van der Waals surface area contributed by atoms with E-state index in [1.54, 1.807) is 12.1 Å². The van der Waals surface area contributed by atoms with Crippen molar-refractivity contribution in [1.29, 1.82) is 5.26 Å². The van der Waals surface area contributed by atoms with Gasteiger partial charge >= 0.3 is 0 Å². The molecule has 0 radical (unpaired) electrons. The third-order valence-corrected chi connectivity index (χ3v) is 4.06. The number of carbonyl (C=O) groups is 1. The minimum Gasteiger partial charge on any atom is -0.444 e. The summed E-state index contributed by atoms with van der Waals surface area (Å²) in [6, 6.07) is 9.19. The summed E-state index contributed by atoms with van der Waals surface area (Å²) in [7, 11) is 0. The molecular weight excluding hydrogens is 288 g/mol. The van der Waals surface area contributed by atoms with Crippen molar-refractivity contribution in [3.05, 3.63) is 57.6 Å². The normalized spacial score (nSPS) is 21.7. The molecule has 1 aliphatic heterocycles. The van der Waals surface area contributed by atoms with E-state index in [-0.39, 0.29) is 17.2 Å². The molecule has 0 saturated carbocycles. The number of nitrogens with two attached hydrogens (primary N) is 1. The summed E-state index contributed by atoms with van der Waals surface area (Å²) in [6.45, 7) is 0. The summed E-state index contributed by atoms with van der Waals surface area (Å²) < 4.78 is 5.51. The highest BCUT2D eigenvalue weighted by Crippen LogP contribution is 2.43. The third kappa shape index (κ3) is 2.30. The fraction of sp³-hybridized carbons (Fsp3) is 0.250. The molecule has 1 aliphatic carbocycles. The number of carbonyl (C=O) groups excluding carboxylic acids is 1. The molecule has 0 spiro atoms. The average Bonchev–Trinajstić information content (AvgIpc) is 2.47. The molecule has 2 aliphatic rings. The molecule has 0 fully saturated rings. The number of ether oxygens (including phenoxy) is 1. The second-order valence-corrected chi connectivity index (χ2v) is 5.53. The lowest BCUT2D eigenvalue weighted by atomic mass is 9.78. The van der Waals surface area contributed by atoms with Crippen LogP contribution >= 0.6 is 11.6 Å². The van der Waals surface area contributed by atoms with Gasteiger partial charge in [0.2, 0.25) is 5.88 Å². The first kappa shape index (κ1) is 13.7. The molecule has 1 aromatic rings. The quantitative estimate of drug-likeness (QED) is 0.864. The maximum Gasteiger partial charge on any atom is 0.205 e. The van der Waals surface area contributed by atoms with Crippen molar-refractivity contribution < 1.29 is 9.53 Å². The van der Waals surface area contributed by atoms with Crippen LogP contribution in [-0.2, 0) is 9.53 Å². The fourth-order valence-corrected chi connectivity index (χ4v) is 2.97. The minimum atomic E-state index is -0.455. The molecule has 1 heterocycles. The van der Waals surface area contributed by atoms with Gasteiger partial charge in [0, 0.05) is 23.4 Å². The Bertz CT molecular complexity index is 711. The highest BCUT2D eigenvalue weighted by Gasteiger charge is 2.37. The van der Waals surface area contributed by atoms with E-state index in [1.165, 1.54) is 0 Å². The molecule has 21 heavy (non-hydrogen) atoms. The Hall–Kier alpha value is -2.25. The molecule has 1 aromatic carbocycles. The number of hydrogen-bond acceptors (Lipinski definition) is 4. The first-order valence-electron chi connectivity index (χ1n) is 6.71. The van der Waals surface area contributed by atoms with Gasteiger partial charge in [0.25, 0.3) is 0 Å². The first-order valence-corrected chi connectivity index (χ1v) is 7.09. The molecule has 5 heteroatoms. The van der Waals surface area contributed by atoms with E-state index < -0.39 is 5.92 Å². The van der Waals surface area contributed by atoms with E-state index in [1.807, 2.05) is 12.1 Å². The van der Waals surface area contributed by atoms with Gasteiger partial charge in [0.05, 0.1) is 5.92 Å². The molecule has 1 atom stereocenters. The maximum absolute atomic E-state index is 12.3. The number of Topliss-reactive ketones (excluding diaryl/α,β-unsaturated/α-hetero) is 1. The van der Waals surface area contributed by atoms with Crippen molar-refractivity contribution >= 4 is 17.4 Å². The number of ketones is 1. The predicted molar refractivity (Wildman–Crippen MR) is 78.0 cm³/mol. The smallest absolute Gasteiger partial charge is 0.205 e. The van der Waals surface area contributed by atoms with Crippen molar-refractivity contribution in [2.45, 2.75) is 25.2 Å². The van der Waals surface area contributed by atoms with Gasteiger partial charge in [-0.25, -0.2) is 0 Å². The highest BCUT2D eigenvalue weighted by molar-refractivity contribution is 6.30. The van der Waals surface area contributed by atoms with Crippen molar-refractivity contribution in [3.63, 3.8) is 0 Å². The largest absolute Gasteiger partial charge is 0.444 e. The molecule has 106 valence electrons. The van der Waals surface area contributed by atoms with Crippen molar-refractivity contribution in [2.75, 3.05) is 0 Å². The summed E-state index contributed by atoms with van der Waals surface area (Å²) in [5.74, 6) is 0.258. The van der Waals surface area contributed by atoms with Gasteiger partial charge in [-0.05, 0) is 24.1 Å². The van der Waals surface area contributed by atoms with E-state index >= 15 is 0 Å². The zero-order valence-corrected chi connectivity index (χ0v) is 12.0.